The van der Waals surface area contributed by atoms with Crippen LogP contribution >= 0.6 is 0 Å². The van der Waals surface area contributed by atoms with Gasteiger partial charge in [0.1, 0.15) is 0 Å². The van der Waals surface area contributed by atoms with Crippen molar-refractivity contribution >= 4 is 17.9 Å². The lowest BCUT2D eigenvalue weighted by molar-refractivity contribution is -0.214. The Bertz CT molecular complexity index is 2240. The fourth-order valence-corrected chi connectivity index (χ4v) is 10.6. The molecule has 0 unspecified atom stereocenters. The van der Waals surface area contributed by atoms with E-state index >= 15 is 14.4 Å². The molecule has 0 N–H and O–H groups in total. The van der Waals surface area contributed by atoms with Crippen LogP contribution in [-0.2, 0) is 42.8 Å². The summed E-state index contributed by atoms with van der Waals surface area (Å²) in [6.45, 7) is 0. The van der Waals surface area contributed by atoms with E-state index in [0.29, 0.717) is 38.5 Å². The van der Waals surface area contributed by atoms with E-state index < -0.39 is 72.8 Å². The lowest BCUT2D eigenvalue weighted by Crippen LogP contribution is -2.48. The van der Waals surface area contributed by atoms with E-state index in [2.05, 4.69) is 0 Å². The van der Waals surface area contributed by atoms with Crippen LogP contribution in [0.5, 0.6) is 0 Å². The van der Waals surface area contributed by atoms with Gasteiger partial charge in [0.15, 0.2) is 36.6 Å². The van der Waals surface area contributed by atoms with Crippen molar-refractivity contribution in [2.75, 3.05) is 0 Å². The molecule has 0 radical (unpaired) electrons. The minimum absolute atomic E-state index is 0.360. The van der Waals surface area contributed by atoms with E-state index in [1.54, 1.807) is 0 Å². The summed E-state index contributed by atoms with van der Waals surface area (Å²) in [5.74, 6) is -2.78. The first-order chi connectivity index (χ1) is 32.5. The van der Waals surface area contributed by atoms with Gasteiger partial charge < -0.3 is 28.4 Å². The maximum Gasteiger partial charge on any atom is 0.336 e. The van der Waals surface area contributed by atoms with Crippen molar-refractivity contribution in [1.82, 2.24) is 0 Å². The van der Waals surface area contributed by atoms with Gasteiger partial charge in [-0.15, -0.1) is 0 Å². The standard InChI is InChI=1S/C57H54O9/c58-55-52-43(37-19-7-1-8-20-37)31-34-46(61-52)49(40-25-13-4-14-26-40)65-56(59)53-45(39-23-11-3-12-24-39)33-36-48(63-53)51(42-29-17-6-18-30-42)66-57(60)54-44(38-21-9-2-10-22-38)32-35-47(62-54)50(64-55)41-27-15-5-16-28-41/h1-30,43-54H,31-36H2/t43-,44-,45-,46-,47-,48-,49+,50+,51+,52+,53+,54+/m0/s1. The van der Waals surface area contributed by atoms with Crippen LogP contribution in [0.4, 0.5) is 0 Å². The zero-order valence-electron chi connectivity index (χ0n) is 36.7. The van der Waals surface area contributed by atoms with E-state index in [4.69, 9.17) is 28.4 Å². The summed E-state index contributed by atoms with van der Waals surface area (Å²) in [4.78, 5) is 45.4. The number of cyclic esters (lactones) is 3. The topological polar surface area (TPSA) is 107 Å². The fourth-order valence-electron chi connectivity index (χ4n) is 10.6. The Kier molecular flexibility index (Phi) is 13.2. The van der Waals surface area contributed by atoms with Gasteiger partial charge in [-0.25, -0.2) is 14.4 Å². The van der Waals surface area contributed by atoms with Crippen molar-refractivity contribution in [3.63, 3.8) is 0 Å². The average molecular weight is 883 g/mol. The van der Waals surface area contributed by atoms with Crippen molar-refractivity contribution in [2.24, 2.45) is 0 Å². The van der Waals surface area contributed by atoms with Crippen molar-refractivity contribution in [2.45, 2.75) is 111 Å². The Morgan fingerprint density at radius 1 is 0.258 bits per heavy atom. The summed E-state index contributed by atoms with van der Waals surface area (Å²) in [5.41, 5.74) is 5.00. The van der Waals surface area contributed by atoms with E-state index in [9.17, 15) is 0 Å². The van der Waals surface area contributed by atoms with Gasteiger partial charge >= 0.3 is 17.9 Å². The molecule has 4 heterocycles. The molecule has 0 amide bonds. The molecule has 4 saturated heterocycles. The smallest absolute Gasteiger partial charge is 0.336 e. The molecular weight excluding hydrogens is 829 g/mol. The second-order valence-electron chi connectivity index (χ2n) is 17.9. The molecule has 0 saturated carbocycles. The highest BCUT2D eigenvalue weighted by atomic mass is 16.6. The second kappa shape index (κ2) is 20.0. The highest BCUT2D eigenvalue weighted by molar-refractivity contribution is 5.79. The van der Waals surface area contributed by atoms with Crippen LogP contribution in [-0.4, -0.2) is 54.5 Å². The van der Waals surface area contributed by atoms with Crippen molar-refractivity contribution < 1.29 is 42.8 Å². The second-order valence-corrected chi connectivity index (χ2v) is 17.9. The number of fused-ring (bicyclic) bond motifs is 6. The van der Waals surface area contributed by atoms with Gasteiger partial charge in [-0.05, 0) is 71.9 Å². The van der Waals surface area contributed by atoms with Crippen LogP contribution in [0.2, 0.25) is 0 Å². The van der Waals surface area contributed by atoms with E-state index in [1.807, 2.05) is 182 Å². The van der Waals surface area contributed by atoms with Crippen molar-refractivity contribution in [1.29, 1.82) is 0 Å². The van der Waals surface area contributed by atoms with Gasteiger partial charge in [0, 0.05) is 17.8 Å². The molecule has 66 heavy (non-hydrogen) atoms. The van der Waals surface area contributed by atoms with Crippen molar-refractivity contribution in [3.05, 3.63) is 215 Å². The minimum atomic E-state index is -1.07. The molecule has 12 atom stereocenters. The van der Waals surface area contributed by atoms with Gasteiger partial charge in [0.05, 0.1) is 18.3 Å². The molecule has 4 aliphatic heterocycles. The maximum absolute atomic E-state index is 15.1. The quantitative estimate of drug-likeness (QED) is 0.119. The molecule has 4 fully saturated rings. The van der Waals surface area contributed by atoms with E-state index in [0.717, 1.165) is 33.4 Å². The Morgan fingerprint density at radius 2 is 0.470 bits per heavy atom. The normalized spacial score (nSPS) is 30.6. The molecule has 6 bridgehead atoms. The zero-order valence-corrected chi connectivity index (χ0v) is 36.7. The number of benzene rings is 6. The highest BCUT2D eigenvalue weighted by Gasteiger charge is 2.49. The molecule has 9 nitrogen and oxygen atoms in total. The Hall–Kier alpha value is -6.39. The molecule has 0 aromatic heterocycles. The Labute approximate surface area is 386 Å². The molecule has 9 heteroatoms. The first-order valence-corrected chi connectivity index (χ1v) is 23.4. The summed E-state index contributed by atoms with van der Waals surface area (Å²) in [5, 5.41) is 0. The number of esters is 3. The first-order valence-electron chi connectivity index (χ1n) is 23.4. The molecular formula is C57H54O9. The Morgan fingerprint density at radius 3 is 0.697 bits per heavy atom. The fraction of sp³-hybridized carbons (Fsp3) is 0.316. The van der Waals surface area contributed by atoms with E-state index in [1.165, 1.54) is 0 Å². The summed E-state index contributed by atoms with van der Waals surface area (Å²) < 4.78 is 41.0. The SMILES string of the molecule is O=C1O[C@H](c2ccccc2)[C@@H]2CC[C@@H](c3ccccc3)[C@@H](O2)C(=O)O[C@H](c2ccccc2)[C@@H]2CC[C@@H](c3ccccc3)[C@@H](O2)C(=O)O[C@H](c2ccccc2)[C@@H]2CC[C@@H](c3ccccc3)[C@H]1O2. The molecule has 336 valence electrons. The summed E-state index contributed by atoms with van der Waals surface area (Å²) in [6, 6.07) is 58.2. The lowest BCUT2D eigenvalue weighted by atomic mass is 9.82. The number of hydrogen-bond donors (Lipinski definition) is 0. The number of ether oxygens (including phenoxy) is 6. The molecule has 0 aliphatic carbocycles. The molecule has 6 aromatic carbocycles. The third-order valence-electron chi connectivity index (χ3n) is 13.9. The Balaban J connectivity index is 1.10. The first kappa shape index (κ1) is 43.5. The third kappa shape index (κ3) is 9.34. The van der Waals surface area contributed by atoms with Gasteiger partial charge in [-0.2, -0.15) is 0 Å². The largest absolute Gasteiger partial charge is 0.453 e. The summed E-state index contributed by atoms with van der Waals surface area (Å²) in [6.07, 6.45) is -4.85. The summed E-state index contributed by atoms with van der Waals surface area (Å²) in [7, 11) is 0. The van der Waals surface area contributed by atoms with Crippen LogP contribution in [0.3, 0.4) is 0 Å². The van der Waals surface area contributed by atoms with Crippen LogP contribution in [0.1, 0.15) is 108 Å². The maximum atomic E-state index is 15.1. The predicted molar refractivity (Wildman–Crippen MR) is 247 cm³/mol. The highest BCUT2D eigenvalue weighted by Crippen LogP contribution is 2.46. The molecule has 10 rings (SSSR count). The minimum Gasteiger partial charge on any atom is -0.453 e. The molecule has 6 aromatic rings. The van der Waals surface area contributed by atoms with Gasteiger partial charge in [0.2, 0.25) is 0 Å². The third-order valence-corrected chi connectivity index (χ3v) is 13.9. The number of carbonyl (C=O) groups excluding carboxylic acids is 3. The number of carbonyl (C=O) groups is 3. The zero-order chi connectivity index (χ0) is 44.8. The number of rotatable bonds is 6. The monoisotopic (exact) mass is 882 g/mol. The van der Waals surface area contributed by atoms with Crippen LogP contribution in [0, 0.1) is 0 Å². The van der Waals surface area contributed by atoms with Crippen LogP contribution in [0.15, 0.2) is 182 Å². The van der Waals surface area contributed by atoms with Gasteiger partial charge in [-0.1, -0.05) is 182 Å². The van der Waals surface area contributed by atoms with Crippen LogP contribution in [0.25, 0.3) is 0 Å². The predicted octanol–water partition coefficient (Wildman–Crippen LogP) is 10.8. The average Bonchev–Trinajstić information content (AvgIpc) is 3.39. The van der Waals surface area contributed by atoms with Crippen molar-refractivity contribution in [3.8, 4) is 0 Å². The number of hydrogen-bond acceptors (Lipinski definition) is 9. The molecule has 4 aliphatic rings. The molecule has 0 spiro atoms. The lowest BCUT2D eigenvalue weighted by Gasteiger charge is -2.43. The van der Waals surface area contributed by atoms with E-state index in [-0.39, 0.29) is 17.8 Å². The summed E-state index contributed by atoms with van der Waals surface area (Å²) >= 11 is 0. The van der Waals surface area contributed by atoms with Gasteiger partial charge in [0.25, 0.3) is 0 Å². The van der Waals surface area contributed by atoms with Crippen LogP contribution < -0.4 is 0 Å². The van der Waals surface area contributed by atoms with Gasteiger partial charge in [-0.3, -0.25) is 0 Å².